The molecule has 1 aromatic carbocycles. The van der Waals surface area contributed by atoms with Gasteiger partial charge in [0.1, 0.15) is 0 Å². The van der Waals surface area contributed by atoms with Crippen molar-refractivity contribution < 1.29 is 22.7 Å². The number of hydrogen-bond acceptors (Lipinski definition) is 3. The predicted molar refractivity (Wildman–Crippen MR) is 84.1 cm³/mol. The van der Waals surface area contributed by atoms with E-state index in [4.69, 9.17) is 0 Å². The van der Waals surface area contributed by atoms with Crippen LogP contribution in [0.15, 0.2) is 30.3 Å². The fourth-order valence-electron chi connectivity index (χ4n) is 2.12. The number of halogens is 3. The number of alkyl halides is 3. The molecule has 3 nitrogen and oxygen atoms in total. The van der Waals surface area contributed by atoms with Crippen LogP contribution in [-0.2, 0) is 6.42 Å². The van der Waals surface area contributed by atoms with E-state index < -0.39 is 18.0 Å². The van der Waals surface area contributed by atoms with E-state index in [0.717, 1.165) is 29.3 Å². The van der Waals surface area contributed by atoms with Crippen LogP contribution in [0.2, 0.25) is 0 Å². The number of carbonyl (C=O) groups excluding carboxylic acids is 1. The zero-order valence-electron chi connectivity index (χ0n) is 12.7. The van der Waals surface area contributed by atoms with Crippen molar-refractivity contribution >= 4 is 22.9 Å². The van der Waals surface area contributed by atoms with Gasteiger partial charge in [0.05, 0.1) is 10.6 Å². The lowest BCUT2D eigenvalue weighted by atomic mass is 10.1. The molecule has 7 heteroatoms. The van der Waals surface area contributed by atoms with Crippen molar-refractivity contribution in [3.63, 3.8) is 0 Å². The van der Waals surface area contributed by atoms with E-state index >= 15 is 0 Å². The molecular weight excluding hydrogens is 327 g/mol. The van der Waals surface area contributed by atoms with E-state index in [1.54, 1.807) is 6.07 Å². The first-order valence-electron chi connectivity index (χ1n) is 7.05. The van der Waals surface area contributed by atoms with E-state index in [1.807, 2.05) is 13.8 Å². The van der Waals surface area contributed by atoms with Crippen LogP contribution in [0.25, 0.3) is 0 Å². The number of amides is 1. The van der Waals surface area contributed by atoms with Crippen molar-refractivity contribution in [3.8, 4) is 5.75 Å². The minimum Gasteiger partial charge on any atom is -0.404 e. The summed E-state index contributed by atoms with van der Waals surface area (Å²) in [6, 6.07) is 7.25. The number of aryl methyl sites for hydroxylation is 2. The normalized spacial score (nSPS) is 11.3. The first-order chi connectivity index (χ1) is 10.8. The fraction of sp³-hybridized carbons (Fsp3) is 0.312. The third-order valence-electron chi connectivity index (χ3n) is 3.12. The second kappa shape index (κ2) is 7.04. The van der Waals surface area contributed by atoms with Gasteiger partial charge in [-0.2, -0.15) is 0 Å². The number of rotatable bonds is 5. The zero-order chi connectivity index (χ0) is 17.0. The topological polar surface area (TPSA) is 38.3 Å². The molecule has 124 valence electrons. The fourth-order valence-corrected chi connectivity index (χ4v) is 3.08. The lowest BCUT2D eigenvalue weighted by molar-refractivity contribution is -0.274. The maximum absolute atomic E-state index is 12.4. The largest absolute Gasteiger partial charge is 0.573 e. The van der Waals surface area contributed by atoms with Crippen LogP contribution in [0.4, 0.5) is 18.9 Å². The first kappa shape index (κ1) is 17.3. The lowest BCUT2D eigenvalue weighted by Gasteiger charge is -2.13. The van der Waals surface area contributed by atoms with Gasteiger partial charge in [0.25, 0.3) is 5.91 Å². The molecule has 1 amide bonds. The molecule has 2 rings (SSSR count). The van der Waals surface area contributed by atoms with Gasteiger partial charge in [-0.25, -0.2) is 0 Å². The number of carbonyl (C=O) groups is 1. The Morgan fingerprint density at radius 1 is 1.30 bits per heavy atom. The molecule has 0 fully saturated rings. The van der Waals surface area contributed by atoms with Gasteiger partial charge in [-0.05, 0) is 37.1 Å². The Labute approximate surface area is 136 Å². The zero-order valence-corrected chi connectivity index (χ0v) is 13.5. The smallest absolute Gasteiger partial charge is 0.404 e. The molecule has 0 radical (unpaired) electrons. The molecule has 0 saturated carbocycles. The van der Waals surface area contributed by atoms with Crippen molar-refractivity contribution in [3.05, 3.63) is 45.6 Å². The van der Waals surface area contributed by atoms with Gasteiger partial charge < -0.3 is 10.1 Å². The van der Waals surface area contributed by atoms with Crippen LogP contribution in [0.5, 0.6) is 5.75 Å². The molecule has 0 bridgehead atoms. The maximum Gasteiger partial charge on any atom is 0.573 e. The van der Waals surface area contributed by atoms with Crippen molar-refractivity contribution in [2.75, 3.05) is 5.32 Å². The molecule has 2 aromatic rings. The van der Waals surface area contributed by atoms with Gasteiger partial charge in [-0.1, -0.05) is 25.5 Å². The average Bonchev–Trinajstić information content (AvgIpc) is 2.81. The van der Waals surface area contributed by atoms with Crippen LogP contribution in [0.1, 0.15) is 33.5 Å². The number of ether oxygens (including phenoxy) is 1. The number of para-hydroxylation sites is 2. The van der Waals surface area contributed by atoms with Gasteiger partial charge in [0.2, 0.25) is 0 Å². The number of anilines is 1. The summed E-state index contributed by atoms with van der Waals surface area (Å²) in [6.45, 7) is 3.97. The van der Waals surface area contributed by atoms with E-state index in [0.29, 0.717) is 4.88 Å². The molecular formula is C16H16F3NO2S. The lowest BCUT2D eigenvalue weighted by Crippen LogP contribution is -2.19. The highest BCUT2D eigenvalue weighted by atomic mass is 32.1. The van der Waals surface area contributed by atoms with Gasteiger partial charge >= 0.3 is 6.36 Å². The second-order valence-corrected chi connectivity index (χ2v) is 6.20. The molecule has 1 heterocycles. The summed E-state index contributed by atoms with van der Waals surface area (Å²) in [6.07, 6.45) is -2.99. The Morgan fingerprint density at radius 2 is 2.00 bits per heavy atom. The Bertz CT molecular complexity index is 695. The summed E-state index contributed by atoms with van der Waals surface area (Å²) in [5, 5.41) is 2.48. The van der Waals surface area contributed by atoms with Gasteiger partial charge in [0.15, 0.2) is 5.75 Å². The highest BCUT2D eigenvalue weighted by Crippen LogP contribution is 2.31. The predicted octanol–water partition coefficient (Wildman–Crippen LogP) is 5.16. The monoisotopic (exact) mass is 343 g/mol. The molecule has 0 aliphatic carbocycles. The molecule has 0 spiro atoms. The quantitative estimate of drug-likeness (QED) is 0.814. The van der Waals surface area contributed by atoms with Crippen molar-refractivity contribution in [1.82, 2.24) is 0 Å². The summed E-state index contributed by atoms with van der Waals surface area (Å²) in [4.78, 5) is 13.8. The Hall–Kier alpha value is -2.02. The van der Waals surface area contributed by atoms with E-state index in [-0.39, 0.29) is 5.69 Å². The molecule has 0 unspecified atom stereocenters. The molecule has 1 aromatic heterocycles. The van der Waals surface area contributed by atoms with Crippen molar-refractivity contribution in [2.45, 2.75) is 33.1 Å². The number of benzene rings is 1. The van der Waals surface area contributed by atoms with Crippen molar-refractivity contribution in [1.29, 1.82) is 0 Å². The summed E-state index contributed by atoms with van der Waals surface area (Å²) < 4.78 is 41.1. The van der Waals surface area contributed by atoms with Crippen LogP contribution in [0, 0.1) is 6.92 Å². The molecule has 1 N–H and O–H groups in total. The van der Waals surface area contributed by atoms with Gasteiger partial charge in [-0.15, -0.1) is 24.5 Å². The molecule has 0 atom stereocenters. The SMILES string of the molecule is CCCc1cc(C(=O)Nc2ccccc2OC(F)(F)F)sc1C. The summed E-state index contributed by atoms with van der Waals surface area (Å²) in [5.74, 6) is -0.880. The Morgan fingerprint density at radius 3 is 2.65 bits per heavy atom. The minimum atomic E-state index is -4.81. The Kier molecular flexibility index (Phi) is 5.30. The number of thiophene rings is 1. The summed E-state index contributed by atoms with van der Waals surface area (Å²) in [7, 11) is 0. The third-order valence-corrected chi connectivity index (χ3v) is 4.22. The molecule has 23 heavy (non-hydrogen) atoms. The van der Waals surface area contributed by atoms with E-state index in [9.17, 15) is 18.0 Å². The van der Waals surface area contributed by atoms with Crippen LogP contribution in [0.3, 0.4) is 0 Å². The summed E-state index contributed by atoms with van der Waals surface area (Å²) in [5.41, 5.74) is 1.07. The van der Waals surface area contributed by atoms with Crippen LogP contribution >= 0.6 is 11.3 Å². The number of nitrogens with one attached hydrogen (secondary N) is 1. The molecule has 0 aliphatic heterocycles. The standard InChI is InChI=1S/C16H16F3NO2S/c1-3-6-11-9-14(23-10(11)2)15(21)20-12-7-4-5-8-13(12)22-16(17,18)19/h4-5,7-9H,3,6H2,1-2H3,(H,20,21). The molecule has 0 saturated heterocycles. The summed E-state index contributed by atoms with van der Waals surface area (Å²) >= 11 is 1.33. The third kappa shape index (κ3) is 4.72. The van der Waals surface area contributed by atoms with E-state index in [2.05, 4.69) is 10.1 Å². The molecule has 0 aliphatic rings. The minimum absolute atomic E-state index is 0.0158. The Balaban J connectivity index is 2.19. The van der Waals surface area contributed by atoms with Gasteiger partial charge in [0, 0.05) is 4.88 Å². The number of hydrogen-bond donors (Lipinski definition) is 1. The van der Waals surface area contributed by atoms with Crippen LogP contribution < -0.4 is 10.1 Å². The average molecular weight is 343 g/mol. The van der Waals surface area contributed by atoms with Crippen molar-refractivity contribution in [2.24, 2.45) is 0 Å². The highest BCUT2D eigenvalue weighted by molar-refractivity contribution is 7.14. The maximum atomic E-state index is 12.4. The first-order valence-corrected chi connectivity index (χ1v) is 7.87. The van der Waals surface area contributed by atoms with Crippen LogP contribution in [-0.4, -0.2) is 12.3 Å². The van der Waals surface area contributed by atoms with Gasteiger partial charge in [-0.3, -0.25) is 4.79 Å². The highest BCUT2D eigenvalue weighted by Gasteiger charge is 2.32. The second-order valence-electron chi connectivity index (χ2n) is 4.94. The van der Waals surface area contributed by atoms with E-state index in [1.165, 1.54) is 29.5 Å².